The standard InChI is InChI=1S/C10H21NO2/c1-4-9(5-2)11(7-8-12)10(13)6-3/h9,12H,4-8H2,1-3H3. The summed E-state index contributed by atoms with van der Waals surface area (Å²) in [4.78, 5) is 13.3. The van der Waals surface area contributed by atoms with E-state index < -0.39 is 0 Å². The molecule has 3 heteroatoms. The van der Waals surface area contributed by atoms with Gasteiger partial charge in [0, 0.05) is 19.0 Å². The monoisotopic (exact) mass is 187 g/mol. The van der Waals surface area contributed by atoms with Gasteiger partial charge in [-0.2, -0.15) is 0 Å². The molecule has 0 aliphatic heterocycles. The summed E-state index contributed by atoms with van der Waals surface area (Å²) in [5.74, 6) is 0.141. The van der Waals surface area contributed by atoms with Gasteiger partial charge in [-0.15, -0.1) is 0 Å². The summed E-state index contributed by atoms with van der Waals surface area (Å²) in [5, 5.41) is 8.83. The first-order valence-electron chi connectivity index (χ1n) is 5.11. The van der Waals surface area contributed by atoms with Gasteiger partial charge in [-0.3, -0.25) is 4.79 Å². The lowest BCUT2D eigenvalue weighted by Crippen LogP contribution is -2.41. The Morgan fingerprint density at radius 2 is 1.85 bits per heavy atom. The molecule has 0 aliphatic rings. The number of rotatable bonds is 6. The molecule has 13 heavy (non-hydrogen) atoms. The van der Waals surface area contributed by atoms with Crippen LogP contribution in [0.4, 0.5) is 0 Å². The van der Waals surface area contributed by atoms with E-state index in [0.29, 0.717) is 19.0 Å². The summed E-state index contributed by atoms with van der Waals surface area (Å²) in [6.45, 7) is 6.53. The molecule has 78 valence electrons. The van der Waals surface area contributed by atoms with E-state index in [9.17, 15) is 4.79 Å². The largest absolute Gasteiger partial charge is 0.395 e. The average Bonchev–Trinajstić information content (AvgIpc) is 2.17. The minimum absolute atomic E-state index is 0.0578. The highest BCUT2D eigenvalue weighted by molar-refractivity contribution is 5.76. The summed E-state index contributed by atoms with van der Waals surface area (Å²) >= 11 is 0. The van der Waals surface area contributed by atoms with Crippen LogP contribution >= 0.6 is 0 Å². The molecule has 0 saturated heterocycles. The molecule has 0 heterocycles. The fourth-order valence-corrected chi connectivity index (χ4v) is 1.55. The van der Waals surface area contributed by atoms with Crippen LogP contribution in [0.15, 0.2) is 0 Å². The van der Waals surface area contributed by atoms with Crippen molar-refractivity contribution in [2.75, 3.05) is 13.2 Å². The SMILES string of the molecule is CCC(=O)N(CCO)C(CC)CC. The molecule has 0 aliphatic carbocycles. The molecule has 3 nitrogen and oxygen atoms in total. The van der Waals surface area contributed by atoms with E-state index in [-0.39, 0.29) is 12.5 Å². The fourth-order valence-electron chi connectivity index (χ4n) is 1.55. The van der Waals surface area contributed by atoms with E-state index in [0.717, 1.165) is 12.8 Å². The predicted octanol–water partition coefficient (Wildman–Crippen LogP) is 1.41. The van der Waals surface area contributed by atoms with E-state index in [1.807, 2.05) is 6.92 Å². The lowest BCUT2D eigenvalue weighted by Gasteiger charge is -2.29. The second-order valence-corrected chi connectivity index (χ2v) is 3.13. The number of carbonyl (C=O) groups excluding carboxylic acids is 1. The van der Waals surface area contributed by atoms with Gasteiger partial charge in [0.05, 0.1) is 6.61 Å². The molecular formula is C10H21NO2. The van der Waals surface area contributed by atoms with Crippen LogP contribution < -0.4 is 0 Å². The summed E-state index contributed by atoms with van der Waals surface area (Å²) in [6, 6.07) is 0.291. The molecule has 1 amide bonds. The van der Waals surface area contributed by atoms with E-state index in [4.69, 9.17) is 5.11 Å². The van der Waals surface area contributed by atoms with Crippen LogP contribution in [0.5, 0.6) is 0 Å². The molecule has 0 aromatic rings. The Kier molecular flexibility index (Phi) is 6.59. The van der Waals surface area contributed by atoms with Gasteiger partial charge in [0.25, 0.3) is 0 Å². The molecule has 1 N–H and O–H groups in total. The molecule has 0 bridgehead atoms. The van der Waals surface area contributed by atoms with Gasteiger partial charge in [-0.25, -0.2) is 0 Å². The van der Waals surface area contributed by atoms with E-state index >= 15 is 0 Å². The second-order valence-electron chi connectivity index (χ2n) is 3.13. The van der Waals surface area contributed by atoms with Crippen LogP contribution in [0.25, 0.3) is 0 Å². The summed E-state index contributed by atoms with van der Waals surface area (Å²) < 4.78 is 0. The quantitative estimate of drug-likeness (QED) is 0.683. The lowest BCUT2D eigenvalue weighted by molar-refractivity contribution is -0.133. The van der Waals surface area contributed by atoms with E-state index in [2.05, 4.69) is 13.8 Å². The number of amides is 1. The highest BCUT2D eigenvalue weighted by Gasteiger charge is 2.18. The summed E-state index contributed by atoms with van der Waals surface area (Å²) in [6.07, 6.45) is 2.45. The number of nitrogens with zero attached hydrogens (tertiary/aromatic N) is 1. The Morgan fingerprint density at radius 3 is 2.15 bits per heavy atom. The van der Waals surface area contributed by atoms with Crippen molar-refractivity contribution in [1.29, 1.82) is 0 Å². The van der Waals surface area contributed by atoms with Crippen molar-refractivity contribution in [3.05, 3.63) is 0 Å². The van der Waals surface area contributed by atoms with Crippen molar-refractivity contribution in [2.45, 2.75) is 46.1 Å². The molecule has 0 unspecified atom stereocenters. The van der Waals surface area contributed by atoms with Crippen LogP contribution in [0.1, 0.15) is 40.0 Å². The Balaban J connectivity index is 4.28. The highest BCUT2D eigenvalue weighted by atomic mass is 16.3. The highest BCUT2D eigenvalue weighted by Crippen LogP contribution is 2.09. The first-order chi connectivity index (χ1) is 6.21. The minimum atomic E-state index is 0.0578. The van der Waals surface area contributed by atoms with E-state index in [1.165, 1.54) is 0 Å². The molecule has 0 atom stereocenters. The molecule has 0 aromatic carbocycles. The van der Waals surface area contributed by atoms with Crippen molar-refractivity contribution in [2.24, 2.45) is 0 Å². The fraction of sp³-hybridized carbons (Fsp3) is 0.900. The normalized spacial score (nSPS) is 10.5. The number of carbonyl (C=O) groups is 1. The van der Waals surface area contributed by atoms with Crippen molar-refractivity contribution in [3.63, 3.8) is 0 Å². The van der Waals surface area contributed by atoms with Crippen molar-refractivity contribution in [3.8, 4) is 0 Å². The first kappa shape index (κ1) is 12.4. The number of hydrogen-bond donors (Lipinski definition) is 1. The zero-order valence-electron chi connectivity index (χ0n) is 8.92. The van der Waals surface area contributed by atoms with Gasteiger partial charge in [0.2, 0.25) is 5.91 Å². The minimum Gasteiger partial charge on any atom is -0.395 e. The van der Waals surface area contributed by atoms with E-state index in [1.54, 1.807) is 4.90 Å². The van der Waals surface area contributed by atoms with Gasteiger partial charge in [0.1, 0.15) is 0 Å². The second kappa shape index (κ2) is 6.89. The van der Waals surface area contributed by atoms with Crippen molar-refractivity contribution >= 4 is 5.91 Å². The van der Waals surface area contributed by atoms with Crippen LogP contribution in [-0.4, -0.2) is 35.1 Å². The molecular weight excluding hydrogens is 166 g/mol. The maximum atomic E-state index is 11.5. The smallest absolute Gasteiger partial charge is 0.222 e. The maximum Gasteiger partial charge on any atom is 0.222 e. The predicted molar refractivity (Wildman–Crippen MR) is 53.5 cm³/mol. The van der Waals surface area contributed by atoms with Crippen LogP contribution in [0.3, 0.4) is 0 Å². The number of aliphatic hydroxyl groups excluding tert-OH is 1. The molecule has 0 rings (SSSR count). The Hall–Kier alpha value is -0.570. The van der Waals surface area contributed by atoms with Crippen molar-refractivity contribution < 1.29 is 9.90 Å². The zero-order chi connectivity index (χ0) is 10.3. The summed E-state index contributed by atoms with van der Waals surface area (Å²) in [5.41, 5.74) is 0. The van der Waals surface area contributed by atoms with Crippen LogP contribution in [0.2, 0.25) is 0 Å². The molecule has 0 saturated carbocycles. The van der Waals surface area contributed by atoms with Crippen molar-refractivity contribution in [1.82, 2.24) is 4.90 Å². The van der Waals surface area contributed by atoms with Crippen LogP contribution in [-0.2, 0) is 4.79 Å². The van der Waals surface area contributed by atoms with Gasteiger partial charge < -0.3 is 10.0 Å². The number of hydrogen-bond acceptors (Lipinski definition) is 2. The molecule has 0 spiro atoms. The Morgan fingerprint density at radius 1 is 1.31 bits per heavy atom. The van der Waals surface area contributed by atoms with Gasteiger partial charge in [0.15, 0.2) is 0 Å². The topological polar surface area (TPSA) is 40.5 Å². The van der Waals surface area contributed by atoms with Gasteiger partial charge in [-0.05, 0) is 12.8 Å². The third-order valence-corrected chi connectivity index (χ3v) is 2.35. The summed E-state index contributed by atoms with van der Waals surface area (Å²) in [7, 11) is 0. The first-order valence-corrected chi connectivity index (χ1v) is 5.11. The zero-order valence-corrected chi connectivity index (χ0v) is 8.92. The third kappa shape index (κ3) is 3.77. The Labute approximate surface area is 80.7 Å². The Bertz CT molecular complexity index is 144. The lowest BCUT2D eigenvalue weighted by atomic mass is 10.1. The third-order valence-electron chi connectivity index (χ3n) is 2.35. The van der Waals surface area contributed by atoms with Gasteiger partial charge in [-0.1, -0.05) is 20.8 Å². The number of aliphatic hydroxyl groups is 1. The van der Waals surface area contributed by atoms with Crippen LogP contribution in [0, 0.1) is 0 Å². The molecule has 0 radical (unpaired) electrons. The molecule has 0 fully saturated rings. The molecule has 0 aromatic heterocycles. The van der Waals surface area contributed by atoms with Gasteiger partial charge >= 0.3 is 0 Å². The average molecular weight is 187 g/mol. The maximum absolute atomic E-state index is 11.5.